The van der Waals surface area contributed by atoms with Crippen molar-refractivity contribution in [2.24, 2.45) is 0 Å². The molecule has 0 atom stereocenters. The summed E-state index contributed by atoms with van der Waals surface area (Å²) in [4.78, 5) is 0. The molecule has 0 unspecified atom stereocenters. The molecule has 0 spiro atoms. The van der Waals surface area contributed by atoms with Gasteiger partial charge in [-0.3, -0.25) is 0 Å². The van der Waals surface area contributed by atoms with Crippen LogP contribution in [0.25, 0.3) is 11.1 Å². The van der Waals surface area contributed by atoms with Gasteiger partial charge in [0.1, 0.15) is 0 Å². The molecular weight excluding hydrogens is 510 g/mol. The maximum absolute atomic E-state index is 2.56. The first-order chi connectivity index (χ1) is 13.3. The van der Waals surface area contributed by atoms with Gasteiger partial charge in [0, 0.05) is 0 Å². The number of benzene rings is 2. The fraction of sp³-hybridized carbons (Fsp3) is 0.586. The standard InChI is InChI=1S/C29H41.2ClH.Zr/c1-26(2,3)22-14-18-13-19-15-23(27(4,5)6)25(29(10,11)12)17-21(19)20(18)16-24(22)28(7,8)9;;;/h13-17H,1-12H3;2*1H;/q;;;+2/p-2. The van der Waals surface area contributed by atoms with E-state index in [0.29, 0.717) is 3.63 Å². The molecule has 0 fully saturated rings. The second-order valence-electron chi connectivity index (χ2n) is 13.4. The molecule has 0 nitrogen and oxygen atoms in total. The van der Waals surface area contributed by atoms with Crippen molar-refractivity contribution in [3.63, 3.8) is 0 Å². The summed E-state index contributed by atoms with van der Waals surface area (Å²) in [7, 11) is 0. The predicted molar refractivity (Wildman–Crippen MR) is 129 cm³/mol. The van der Waals surface area contributed by atoms with E-state index in [1.54, 1.807) is 35.8 Å². The number of hydrogen-bond acceptors (Lipinski definition) is 0. The summed E-state index contributed by atoms with van der Waals surface area (Å²) in [5.74, 6) is 0. The summed E-state index contributed by atoms with van der Waals surface area (Å²) >= 11 is 1.59. The first-order valence-electron chi connectivity index (χ1n) is 11.4. The van der Waals surface area contributed by atoms with Crippen LogP contribution in [0.1, 0.15) is 120 Å². The van der Waals surface area contributed by atoms with Crippen LogP contribution in [0, 0.1) is 0 Å². The smallest absolute Gasteiger partial charge is 1.00 e. The van der Waals surface area contributed by atoms with Crippen molar-refractivity contribution < 1.29 is 49.5 Å². The Morgan fingerprint density at radius 3 is 0.906 bits per heavy atom. The number of hydrogen-bond donors (Lipinski definition) is 0. The van der Waals surface area contributed by atoms with Gasteiger partial charge in [-0.05, 0) is 0 Å². The van der Waals surface area contributed by atoms with Crippen LogP contribution in [0.3, 0.4) is 0 Å². The maximum Gasteiger partial charge on any atom is -1.00 e. The Balaban J connectivity index is 0.00000256. The molecule has 0 N–H and O–H groups in total. The third-order valence-electron chi connectivity index (χ3n) is 6.52. The van der Waals surface area contributed by atoms with Crippen molar-refractivity contribution in [3.05, 3.63) is 57.6 Å². The second-order valence-corrected chi connectivity index (χ2v) is 14.8. The van der Waals surface area contributed by atoms with Gasteiger partial charge in [0.25, 0.3) is 0 Å². The average Bonchev–Trinajstić information content (AvgIpc) is 2.82. The predicted octanol–water partition coefficient (Wildman–Crippen LogP) is 2.50. The summed E-state index contributed by atoms with van der Waals surface area (Å²) in [6.07, 6.45) is 0. The van der Waals surface area contributed by atoms with Gasteiger partial charge in [-0.2, -0.15) is 0 Å². The third-order valence-corrected chi connectivity index (χ3v) is 8.05. The second kappa shape index (κ2) is 9.17. The molecule has 1 aliphatic rings. The Hall–Kier alpha value is -0.0969. The van der Waals surface area contributed by atoms with Crippen LogP contribution in [-0.4, -0.2) is 0 Å². The van der Waals surface area contributed by atoms with E-state index in [1.165, 1.54) is 33.4 Å². The molecular formula is C29H41Cl2Zr. The average molecular weight is 552 g/mol. The van der Waals surface area contributed by atoms with E-state index in [9.17, 15) is 0 Å². The maximum atomic E-state index is 2.56. The van der Waals surface area contributed by atoms with Gasteiger partial charge in [0.2, 0.25) is 0 Å². The van der Waals surface area contributed by atoms with E-state index in [4.69, 9.17) is 0 Å². The van der Waals surface area contributed by atoms with Crippen molar-refractivity contribution >= 4 is 0 Å². The first-order valence-corrected chi connectivity index (χ1v) is 12.8. The quantitative estimate of drug-likeness (QED) is 0.472. The molecule has 0 saturated heterocycles. The molecule has 0 bridgehead atoms. The van der Waals surface area contributed by atoms with Crippen LogP contribution in [0.15, 0.2) is 24.3 Å². The van der Waals surface area contributed by atoms with Gasteiger partial charge < -0.3 is 24.8 Å². The van der Waals surface area contributed by atoms with Crippen molar-refractivity contribution in [2.45, 2.75) is 108 Å². The van der Waals surface area contributed by atoms with E-state index in [2.05, 4.69) is 107 Å². The van der Waals surface area contributed by atoms with Gasteiger partial charge in [-0.15, -0.1) is 0 Å². The Labute approximate surface area is 225 Å². The zero-order valence-corrected chi connectivity index (χ0v) is 26.1. The number of fused-ring (bicyclic) bond motifs is 3. The molecule has 0 aliphatic heterocycles. The molecule has 2 aromatic rings. The van der Waals surface area contributed by atoms with Crippen molar-refractivity contribution in [1.82, 2.24) is 0 Å². The van der Waals surface area contributed by atoms with Crippen LogP contribution in [0.4, 0.5) is 0 Å². The Morgan fingerprint density at radius 1 is 0.469 bits per heavy atom. The molecule has 0 aromatic heterocycles. The minimum absolute atomic E-state index is 0. The Morgan fingerprint density at radius 2 is 0.688 bits per heavy atom. The minimum Gasteiger partial charge on any atom is -1.00 e. The van der Waals surface area contributed by atoms with Gasteiger partial charge in [0.15, 0.2) is 0 Å². The largest absolute Gasteiger partial charge is 1.00 e. The molecule has 0 radical (unpaired) electrons. The molecule has 32 heavy (non-hydrogen) atoms. The summed E-state index contributed by atoms with van der Waals surface area (Å²) in [5, 5.41) is 0. The third kappa shape index (κ3) is 5.42. The van der Waals surface area contributed by atoms with Crippen molar-refractivity contribution in [2.75, 3.05) is 0 Å². The normalized spacial score (nSPS) is 14.4. The van der Waals surface area contributed by atoms with Crippen molar-refractivity contribution in [3.8, 4) is 11.1 Å². The number of halogens is 2. The Bertz CT molecular complexity index is 909. The van der Waals surface area contributed by atoms with Crippen molar-refractivity contribution in [1.29, 1.82) is 0 Å². The van der Waals surface area contributed by atoms with E-state index in [1.807, 2.05) is 0 Å². The van der Waals surface area contributed by atoms with Gasteiger partial charge in [-0.25, -0.2) is 0 Å². The van der Waals surface area contributed by atoms with E-state index in [0.717, 1.165) is 0 Å². The minimum atomic E-state index is 0. The fourth-order valence-electron chi connectivity index (χ4n) is 4.83. The summed E-state index contributed by atoms with van der Waals surface area (Å²) in [6.45, 7) is 28.3. The topological polar surface area (TPSA) is 0 Å². The summed E-state index contributed by atoms with van der Waals surface area (Å²) in [5.41, 5.74) is 12.7. The van der Waals surface area contributed by atoms with E-state index < -0.39 is 0 Å². The molecule has 0 heterocycles. The number of rotatable bonds is 0. The molecule has 2 aromatic carbocycles. The van der Waals surface area contributed by atoms with Gasteiger partial charge in [-0.1, -0.05) is 0 Å². The van der Waals surface area contributed by atoms with Crippen LogP contribution in [-0.2, 0) is 46.4 Å². The molecule has 3 heteroatoms. The zero-order chi connectivity index (χ0) is 23.0. The SMILES string of the molecule is CC(C)(C)c1cc2c(cc1C(C)(C)C)[CH]([Zr+2])c1cc(C(C)(C)C)c(C(C)(C)C)cc1-2.[Cl-].[Cl-]. The molecule has 3 rings (SSSR count). The van der Waals surface area contributed by atoms with E-state index in [-0.39, 0.29) is 46.5 Å². The van der Waals surface area contributed by atoms with Gasteiger partial charge >= 0.3 is 202 Å². The molecule has 0 saturated carbocycles. The van der Waals surface area contributed by atoms with E-state index >= 15 is 0 Å². The monoisotopic (exact) mass is 549 g/mol. The van der Waals surface area contributed by atoms with Crippen LogP contribution in [0.5, 0.6) is 0 Å². The zero-order valence-electron chi connectivity index (χ0n) is 22.1. The molecule has 0 amide bonds. The van der Waals surface area contributed by atoms with Crippen LogP contribution < -0.4 is 24.8 Å². The Kier molecular flexibility index (Phi) is 8.58. The summed E-state index contributed by atoms with van der Waals surface area (Å²) < 4.78 is 0.535. The van der Waals surface area contributed by atoms with Crippen LogP contribution in [0.2, 0.25) is 0 Å². The van der Waals surface area contributed by atoms with Gasteiger partial charge in [0.05, 0.1) is 0 Å². The fourth-order valence-corrected chi connectivity index (χ4v) is 6.00. The summed E-state index contributed by atoms with van der Waals surface area (Å²) in [6, 6.07) is 10.2. The first kappa shape index (κ1) is 29.9. The molecule has 1 aliphatic carbocycles. The molecule has 175 valence electrons. The van der Waals surface area contributed by atoms with Crippen LogP contribution >= 0.6 is 0 Å².